The van der Waals surface area contributed by atoms with Gasteiger partial charge in [-0.25, -0.2) is 4.98 Å². The Balaban J connectivity index is 2.26. The SMILES string of the molecule is Cc1nc(C)c([C@H](C)NC(=O)c2ccc(Cl)cc2[N+](=O)[O-])s1. The third-order valence-electron chi connectivity index (χ3n) is 3.08. The molecular weight excluding hydrogens is 326 g/mol. The first-order valence-electron chi connectivity index (χ1n) is 6.48. The molecule has 2 rings (SSSR count). The lowest BCUT2D eigenvalue weighted by atomic mass is 10.1. The Labute approximate surface area is 136 Å². The average molecular weight is 340 g/mol. The largest absolute Gasteiger partial charge is 0.344 e. The molecule has 0 bridgehead atoms. The van der Waals surface area contributed by atoms with Crippen molar-refractivity contribution < 1.29 is 9.72 Å². The number of nitrogens with zero attached hydrogens (tertiary/aromatic N) is 2. The van der Waals surface area contributed by atoms with Crippen molar-refractivity contribution in [1.29, 1.82) is 0 Å². The molecule has 1 aromatic carbocycles. The smallest absolute Gasteiger partial charge is 0.283 e. The number of carbonyl (C=O) groups is 1. The van der Waals surface area contributed by atoms with E-state index in [4.69, 9.17) is 11.6 Å². The molecule has 0 fully saturated rings. The standard InChI is InChI=1S/C14H14ClN3O3S/c1-7-13(22-9(3)16-7)8(2)17-14(19)11-5-4-10(15)6-12(11)18(20)21/h4-6,8H,1-3H3,(H,17,19)/t8-/m0/s1. The Kier molecular flexibility index (Phi) is 4.77. The highest BCUT2D eigenvalue weighted by atomic mass is 35.5. The molecule has 6 nitrogen and oxygen atoms in total. The number of nitrogens with one attached hydrogen (secondary N) is 1. The Morgan fingerprint density at radius 2 is 2.14 bits per heavy atom. The molecule has 2 aromatic rings. The molecule has 1 amide bonds. The molecule has 0 aliphatic heterocycles. The third-order valence-corrected chi connectivity index (χ3v) is 4.57. The van der Waals surface area contributed by atoms with E-state index in [1.807, 2.05) is 20.8 Å². The normalized spacial score (nSPS) is 12.0. The van der Waals surface area contributed by atoms with Gasteiger partial charge in [-0.3, -0.25) is 14.9 Å². The molecule has 8 heteroatoms. The van der Waals surface area contributed by atoms with Crippen LogP contribution in [0.25, 0.3) is 0 Å². The summed E-state index contributed by atoms with van der Waals surface area (Å²) in [6.07, 6.45) is 0. The molecule has 0 spiro atoms. The van der Waals surface area contributed by atoms with Crippen LogP contribution >= 0.6 is 22.9 Å². The van der Waals surface area contributed by atoms with Gasteiger partial charge in [-0.2, -0.15) is 0 Å². The number of rotatable bonds is 4. The summed E-state index contributed by atoms with van der Waals surface area (Å²) in [6, 6.07) is 3.70. The van der Waals surface area contributed by atoms with Crippen LogP contribution in [0, 0.1) is 24.0 Å². The van der Waals surface area contributed by atoms with Crippen molar-refractivity contribution >= 4 is 34.5 Å². The minimum Gasteiger partial charge on any atom is -0.344 e. The minimum atomic E-state index is -0.618. The van der Waals surface area contributed by atoms with Gasteiger partial charge in [0.1, 0.15) is 5.56 Å². The van der Waals surface area contributed by atoms with Crippen molar-refractivity contribution in [3.63, 3.8) is 0 Å². The van der Waals surface area contributed by atoms with Crippen molar-refractivity contribution in [3.05, 3.63) is 54.5 Å². The second kappa shape index (κ2) is 6.41. The summed E-state index contributed by atoms with van der Waals surface area (Å²) in [6.45, 7) is 5.57. The number of benzene rings is 1. The van der Waals surface area contributed by atoms with Gasteiger partial charge >= 0.3 is 0 Å². The van der Waals surface area contributed by atoms with Gasteiger partial charge in [-0.1, -0.05) is 11.6 Å². The predicted molar refractivity (Wildman–Crippen MR) is 85.6 cm³/mol. The van der Waals surface area contributed by atoms with Gasteiger partial charge < -0.3 is 5.32 Å². The summed E-state index contributed by atoms with van der Waals surface area (Å²) in [5.74, 6) is -0.513. The number of aromatic nitrogens is 1. The van der Waals surface area contributed by atoms with E-state index in [0.717, 1.165) is 15.6 Å². The molecule has 0 saturated heterocycles. The molecule has 0 aliphatic carbocycles. The van der Waals surface area contributed by atoms with E-state index in [1.165, 1.54) is 29.5 Å². The summed E-state index contributed by atoms with van der Waals surface area (Å²) in [7, 11) is 0. The maximum absolute atomic E-state index is 12.3. The van der Waals surface area contributed by atoms with Crippen molar-refractivity contribution in [2.45, 2.75) is 26.8 Å². The van der Waals surface area contributed by atoms with Gasteiger partial charge in [0.15, 0.2) is 0 Å². The summed E-state index contributed by atoms with van der Waals surface area (Å²) in [4.78, 5) is 28.0. The number of hydrogen-bond donors (Lipinski definition) is 1. The zero-order valence-corrected chi connectivity index (χ0v) is 13.8. The molecule has 1 atom stereocenters. The summed E-state index contributed by atoms with van der Waals surface area (Å²) >= 11 is 7.24. The zero-order chi connectivity index (χ0) is 16.4. The van der Waals surface area contributed by atoms with Crippen LogP contribution in [0.3, 0.4) is 0 Å². The van der Waals surface area contributed by atoms with Crippen molar-refractivity contribution in [2.24, 2.45) is 0 Å². The van der Waals surface area contributed by atoms with Gasteiger partial charge in [-0.15, -0.1) is 11.3 Å². The van der Waals surface area contributed by atoms with E-state index in [2.05, 4.69) is 10.3 Å². The van der Waals surface area contributed by atoms with Crippen LogP contribution in [0.15, 0.2) is 18.2 Å². The number of amides is 1. The monoisotopic (exact) mass is 339 g/mol. The number of nitro groups is 1. The molecule has 1 heterocycles. The minimum absolute atomic E-state index is 0.0138. The van der Waals surface area contributed by atoms with Gasteiger partial charge in [0, 0.05) is 16.0 Å². The number of aryl methyl sites for hydroxylation is 2. The lowest BCUT2D eigenvalue weighted by Crippen LogP contribution is -2.27. The van der Waals surface area contributed by atoms with Crippen LogP contribution in [-0.2, 0) is 0 Å². The van der Waals surface area contributed by atoms with Crippen molar-refractivity contribution in [1.82, 2.24) is 10.3 Å². The second-order valence-electron chi connectivity index (χ2n) is 4.80. The fraction of sp³-hybridized carbons (Fsp3) is 0.286. The first-order valence-corrected chi connectivity index (χ1v) is 7.67. The summed E-state index contributed by atoms with van der Waals surface area (Å²) in [5.41, 5.74) is 0.524. The maximum atomic E-state index is 12.3. The van der Waals surface area contributed by atoms with E-state index in [9.17, 15) is 14.9 Å². The Hall–Kier alpha value is -1.99. The highest BCUT2D eigenvalue weighted by Gasteiger charge is 2.23. The molecule has 0 aliphatic rings. The lowest BCUT2D eigenvalue weighted by Gasteiger charge is -2.13. The van der Waals surface area contributed by atoms with E-state index < -0.39 is 10.8 Å². The van der Waals surface area contributed by atoms with Crippen molar-refractivity contribution in [2.75, 3.05) is 0 Å². The number of thiazole rings is 1. The Morgan fingerprint density at radius 3 is 2.68 bits per heavy atom. The third kappa shape index (κ3) is 3.42. The molecule has 0 unspecified atom stereocenters. The van der Waals surface area contributed by atoms with Gasteiger partial charge in [0.2, 0.25) is 0 Å². The quantitative estimate of drug-likeness (QED) is 0.678. The van der Waals surface area contributed by atoms with E-state index in [0.29, 0.717) is 0 Å². The first-order chi connectivity index (χ1) is 10.3. The number of hydrogen-bond acceptors (Lipinski definition) is 5. The zero-order valence-electron chi connectivity index (χ0n) is 12.2. The van der Waals surface area contributed by atoms with Gasteiger partial charge in [0.25, 0.3) is 11.6 Å². The number of carbonyl (C=O) groups excluding carboxylic acids is 1. The Bertz CT molecular complexity index is 745. The first kappa shape index (κ1) is 16.4. The highest BCUT2D eigenvalue weighted by molar-refractivity contribution is 7.11. The number of halogens is 1. The predicted octanol–water partition coefficient (Wildman–Crippen LogP) is 3.81. The van der Waals surface area contributed by atoms with Crippen LogP contribution in [0.4, 0.5) is 5.69 Å². The average Bonchev–Trinajstić information content (AvgIpc) is 2.77. The molecular formula is C14H14ClN3O3S. The van der Waals surface area contributed by atoms with Crippen LogP contribution < -0.4 is 5.32 Å². The molecule has 0 saturated carbocycles. The van der Waals surface area contributed by atoms with Gasteiger partial charge in [0.05, 0.1) is 21.7 Å². The highest BCUT2D eigenvalue weighted by Crippen LogP contribution is 2.27. The van der Waals surface area contributed by atoms with Crippen LogP contribution in [0.2, 0.25) is 5.02 Å². The van der Waals surface area contributed by atoms with E-state index in [-0.39, 0.29) is 22.3 Å². The summed E-state index contributed by atoms with van der Waals surface area (Å²) in [5, 5.41) is 14.9. The van der Waals surface area contributed by atoms with E-state index in [1.54, 1.807) is 0 Å². The molecule has 1 N–H and O–H groups in total. The second-order valence-corrected chi connectivity index (χ2v) is 6.47. The maximum Gasteiger partial charge on any atom is 0.283 e. The summed E-state index contributed by atoms with van der Waals surface area (Å²) < 4.78 is 0. The number of nitro benzene ring substituents is 1. The topological polar surface area (TPSA) is 85.1 Å². The fourth-order valence-corrected chi connectivity index (χ4v) is 3.23. The lowest BCUT2D eigenvalue weighted by molar-refractivity contribution is -0.385. The molecule has 116 valence electrons. The van der Waals surface area contributed by atoms with Crippen LogP contribution in [0.1, 0.15) is 38.9 Å². The van der Waals surface area contributed by atoms with Crippen LogP contribution in [0.5, 0.6) is 0 Å². The van der Waals surface area contributed by atoms with Crippen molar-refractivity contribution in [3.8, 4) is 0 Å². The fourth-order valence-electron chi connectivity index (χ4n) is 2.14. The molecule has 0 radical (unpaired) electrons. The molecule has 22 heavy (non-hydrogen) atoms. The Morgan fingerprint density at radius 1 is 1.45 bits per heavy atom. The molecule has 1 aromatic heterocycles. The van der Waals surface area contributed by atoms with E-state index >= 15 is 0 Å². The van der Waals surface area contributed by atoms with Gasteiger partial charge in [-0.05, 0) is 32.9 Å². The van der Waals surface area contributed by atoms with Crippen LogP contribution in [-0.4, -0.2) is 15.8 Å².